The van der Waals surface area contributed by atoms with Crippen molar-refractivity contribution in [2.24, 2.45) is 0 Å². The topological polar surface area (TPSA) is 56.7 Å². The van der Waals surface area contributed by atoms with Crippen LogP contribution in [0.4, 0.5) is 0 Å². The van der Waals surface area contributed by atoms with Crippen LogP contribution in [-0.4, -0.2) is 19.9 Å². The van der Waals surface area contributed by atoms with Crippen LogP contribution in [0.1, 0.15) is 16.3 Å². The van der Waals surface area contributed by atoms with Crippen molar-refractivity contribution in [1.82, 2.24) is 19.9 Å². The fraction of sp³-hybridized carbons (Fsp3) is 0.308. The number of thioether (sulfide) groups is 1. The van der Waals surface area contributed by atoms with Crippen LogP contribution in [0.5, 0.6) is 0 Å². The van der Waals surface area contributed by atoms with Gasteiger partial charge in [-0.1, -0.05) is 23.0 Å². The SMILES string of the molecule is Cc1cc(CSc2nncn2CCc2cccs2)on1. The van der Waals surface area contributed by atoms with Gasteiger partial charge >= 0.3 is 0 Å². The molecule has 5 nitrogen and oxygen atoms in total. The van der Waals surface area contributed by atoms with E-state index >= 15 is 0 Å². The average molecular weight is 306 g/mol. The fourth-order valence-corrected chi connectivity index (χ4v) is 3.33. The lowest BCUT2D eigenvalue weighted by Gasteiger charge is -2.04. The summed E-state index contributed by atoms with van der Waals surface area (Å²) < 4.78 is 7.27. The second-order valence-electron chi connectivity index (χ2n) is 4.36. The molecule has 7 heteroatoms. The Labute approximate surface area is 125 Å². The zero-order valence-corrected chi connectivity index (χ0v) is 12.7. The first-order valence-electron chi connectivity index (χ1n) is 6.26. The monoisotopic (exact) mass is 306 g/mol. The maximum Gasteiger partial charge on any atom is 0.191 e. The quantitative estimate of drug-likeness (QED) is 0.655. The Kier molecular flexibility index (Phi) is 4.17. The first kappa shape index (κ1) is 13.4. The number of hydrogen-bond donors (Lipinski definition) is 0. The summed E-state index contributed by atoms with van der Waals surface area (Å²) >= 11 is 3.40. The largest absolute Gasteiger partial charge is 0.360 e. The highest BCUT2D eigenvalue weighted by Gasteiger charge is 2.08. The van der Waals surface area contributed by atoms with Gasteiger partial charge in [-0.05, 0) is 24.8 Å². The van der Waals surface area contributed by atoms with E-state index in [1.807, 2.05) is 13.0 Å². The molecule has 3 aromatic heterocycles. The molecule has 3 aromatic rings. The zero-order chi connectivity index (χ0) is 13.8. The van der Waals surface area contributed by atoms with Crippen molar-refractivity contribution in [3.05, 3.63) is 46.2 Å². The molecule has 0 fully saturated rings. The lowest BCUT2D eigenvalue weighted by atomic mass is 10.3. The third-order valence-corrected chi connectivity index (χ3v) is 4.72. The van der Waals surface area contributed by atoms with Gasteiger partial charge in [0, 0.05) is 17.5 Å². The van der Waals surface area contributed by atoms with Gasteiger partial charge in [-0.25, -0.2) is 0 Å². The Morgan fingerprint density at radius 3 is 3.15 bits per heavy atom. The average Bonchev–Trinajstić information content (AvgIpc) is 3.16. The molecule has 3 heterocycles. The van der Waals surface area contributed by atoms with Gasteiger partial charge in [0.25, 0.3) is 0 Å². The molecule has 0 aliphatic heterocycles. The zero-order valence-electron chi connectivity index (χ0n) is 11.0. The summed E-state index contributed by atoms with van der Waals surface area (Å²) in [6, 6.07) is 6.17. The van der Waals surface area contributed by atoms with E-state index in [-0.39, 0.29) is 0 Å². The number of rotatable bonds is 6. The predicted molar refractivity (Wildman–Crippen MR) is 78.8 cm³/mol. The van der Waals surface area contributed by atoms with Crippen molar-refractivity contribution in [1.29, 1.82) is 0 Å². The summed E-state index contributed by atoms with van der Waals surface area (Å²) in [5, 5.41) is 15.0. The van der Waals surface area contributed by atoms with Crippen molar-refractivity contribution < 1.29 is 4.52 Å². The van der Waals surface area contributed by atoms with Gasteiger partial charge in [0.2, 0.25) is 0 Å². The number of aromatic nitrogens is 4. The van der Waals surface area contributed by atoms with Crippen molar-refractivity contribution in [2.75, 3.05) is 0 Å². The minimum absolute atomic E-state index is 0.721. The molecule has 0 spiro atoms. The van der Waals surface area contributed by atoms with Gasteiger partial charge in [-0.2, -0.15) is 0 Å². The van der Waals surface area contributed by atoms with Crippen LogP contribution in [0.3, 0.4) is 0 Å². The highest BCUT2D eigenvalue weighted by Crippen LogP contribution is 2.21. The number of thiophene rings is 1. The summed E-state index contributed by atoms with van der Waals surface area (Å²) in [5.41, 5.74) is 0.903. The molecule has 0 saturated carbocycles. The van der Waals surface area contributed by atoms with Crippen molar-refractivity contribution in [3.63, 3.8) is 0 Å². The molecule has 3 rings (SSSR count). The van der Waals surface area contributed by atoms with E-state index in [2.05, 4.69) is 37.4 Å². The van der Waals surface area contributed by atoms with Crippen LogP contribution in [0, 0.1) is 6.92 Å². The molecule has 0 bridgehead atoms. The minimum atomic E-state index is 0.721. The van der Waals surface area contributed by atoms with Crippen LogP contribution in [0.2, 0.25) is 0 Å². The van der Waals surface area contributed by atoms with Crippen molar-refractivity contribution in [3.8, 4) is 0 Å². The third kappa shape index (κ3) is 3.29. The van der Waals surface area contributed by atoms with E-state index in [0.717, 1.165) is 35.3 Å². The smallest absolute Gasteiger partial charge is 0.191 e. The van der Waals surface area contributed by atoms with Crippen LogP contribution >= 0.6 is 23.1 Å². The molecule has 0 unspecified atom stereocenters. The normalized spacial score (nSPS) is 11.1. The van der Waals surface area contributed by atoms with E-state index in [1.54, 1.807) is 29.4 Å². The van der Waals surface area contributed by atoms with Crippen molar-refractivity contribution in [2.45, 2.75) is 30.8 Å². The second kappa shape index (κ2) is 6.23. The predicted octanol–water partition coefficient (Wildman–Crippen LogP) is 3.17. The number of nitrogens with zero attached hydrogens (tertiary/aromatic N) is 4. The summed E-state index contributed by atoms with van der Waals surface area (Å²) in [6.45, 7) is 2.81. The summed E-state index contributed by atoms with van der Waals surface area (Å²) in [6.07, 6.45) is 2.78. The van der Waals surface area contributed by atoms with Gasteiger partial charge in [-0.3, -0.25) is 0 Å². The summed E-state index contributed by atoms with van der Waals surface area (Å²) in [5.74, 6) is 1.58. The van der Waals surface area contributed by atoms with Gasteiger partial charge in [-0.15, -0.1) is 21.5 Å². The Morgan fingerprint density at radius 2 is 2.40 bits per heavy atom. The van der Waals surface area contributed by atoms with Crippen LogP contribution in [0.15, 0.2) is 39.6 Å². The molecule has 104 valence electrons. The van der Waals surface area contributed by atoms with Gasteiger partial charge in [0.15, 0.2) is 5.16 Å². The maximum atomic E-state index is 5.19. The molecule has 0 amide bonds. The molecule has 0 aliphatic rings. The second-order valence-corrected chi connectivity index (χ2v) is 6.33. The molecule has 0 N–H and O–H groups in total. The maximum absolute atomic E-state index is 5.19. The fourth-order valence-electron chi connectivity index (χ4n) is 1.82. The van der Waals surface area contributed by atoms with Crippen LogP contribution in [-0.2, 0) is 18.7 Å². The molecular formula is C13H14N4OS2. The van der Waals surface area contributed by atoms with E-state index in [1.165, 1.54) is 4.88 Å². The Morgan fingerprint density at radius 1 is 1.45 bits per heavy atom. The van der Waals surface area contributed by atoms with Gasteiger partial charge in [0.1, 0.15) is 12.1 Å². The highest BCUT2D eigenvalue weighted by atomic mass is 32.2. The molecule has 0 aliphatic carbocycles. The number of aryl methyl sites for hydroxylation is 3. The first-order chi connectivity index (χ1) is 9.81. The third-order valence-electron chi connectivity index (χ3n) is 2.78. The lowest BCUT2D eigenvalue weighted by molar-refractivity contribution is 0.391. The van der Waals surface area contributed by atoms with E-state index < -0.39 is 0 Å². The molecule has 0 radical (unpaired) electrons. The molecule has 0 atom stereocenters. The van der Waals surface area contributed by atoms with Crippen LogP contribution < -0.4 is 0 Å². The molecular weight excluding hydrogens is 292 g/mol. The lowest BCUT2D eigenvalue weighted by Crippen LogP contribution is -2.01. The van der Waals surface area contributed by atoms with Gasteiger partial charge in [0.05, 0.1) is 11.4 Å². The van der Waals surface area contributed by atoms with Gasteiger partial charge < -0.3 is 9.09 Å². The molecule has 0 saturated heterocycles. The van der Waals surface area contributed by atoms with E-state index in [0.29, 0.717) is 0 Å². The molecule has 0 aromatic carbocycles. The standard InChI is InChI=1S/C13H14N4OS2/c1-10-7-11(18-16-10)8-20-13-15-14-9-17(13)5-4-12-3-2-6-19-12/h2-3,6-7,9H,4-5,8H2,1H3. The van der Waals surface area contributed by atoms with E-state index in [9.17, 15) is 0 Å². The van der Waals surface area contributed by atoms with Crippen LogP contribution in [0.25, 0.3) is 0 Å². The Hall–Kier alpha value is -1.60. The Balaban J connectivity index is 1.58. The highest BCUT2D eigenvalue weighted by molar-refractivity contribution is 7.98. The first-order valence-corrected chi connectivity index (χ1v) is 8.13. The Bertz CT molecular complexity index is 660. The van der Waals surface area contributed by atoms with Crippen molar-refractivity contribution >= 4 is 23.1 Å². The summed E-state index contributed by atoms with van der Waals surface area (Å²) in [7, 11) is 0. The molecule has 20 heavy (non-hydrogen) atoms. The summed E-state index contributed by atoms with van der Waals surface area (Å²) in [4.78, 5) is 1.38. The minimum Gasteiger partial charge on any atom is -0.360 e. The number of hydrogen-bond acceptors (Lipinski definition) is 6. The van der Waals surface area contributed by atoms with E-state index in [4.69, 9.17) is 4.52 Å².